The molecule has 6 rings (SSSR count). The lowest BCUT2D eigenvalue weighted by molar-refractivity contribution is -0.123. The van der Waals surface area contributed by atoms with Crippen LogP contribution in [-0.2, 0) is 19.1 Å². The average Bonchev–Trinajstić information content (AvgIpc) is 3.61. The second-order valence-corrected chi connectivity index (χ2v) is 11.0. The molecule has 3 aromatic rings. The smallest absolute Gasteiger partial charge is 0.338 e. The second kappa shape index (κ2) is 9.97. The predicted octanol–water partition coefficient (Wildman–Crippen LogP) is 5.37. The molecule has 2 saturated carbocycles. The minimum absolute atomic E-state index is 0.146. The van der Waals surface area contributed by atoms with Crippen LogP contribution in [0.15, 0.2) is 72.8 Å². The molecule has 1 aliphatic heterocycles. The van der Waals surface area contributed by atoms with E-state index < -0.39 is 18.5 Å². The fourth-order valence-corrected chi connectivity index (χ4v) is 6.85. The monoisotopic (exact) mass is 542 g/mol. The number of benzene rings is 3. The molecule has 3 amide bonds. The van der Waals surface area contributed by atoms with Crippen molar-refractivity contribution in [2.24, 2.45) is 23.7 Å². The zero-order chi connectivity index (χ0) is 27.3. The molecular formula is C31H27ClN2O5. The number of esters is 1. The van der Waals surface area contributed by atoms with Gasteiger partial charge < -0.3 is 10.1 Å². The van der Waals surface area contributed by atoms with Crippen LogP contribution in [0, 0.1) is 30.6 Å². The minimum Gasteiger partial charge on any atom is -0.452 e. The Balaban J connectivity index is 1.10. The number of nitrogens with zero attached hydrogens (tertiary/aromatic N) is 1. The number of nitrogens with one attached hydrogen (secondary N) is 1. The van der Waals surface area contributed by atoms with Gasteiger partial charge in [0.05, 0.1) is 23.1 Å². The first-order valence-corrected chi connectivity index (χ1v) is 13.5. The quantitative estimate of drug-likeness (QED) is 0.334. The summed E-state index contributed by atoms with van der Waals surface area (Å²) >= 11 is 5.98. The first kappa shape index (κ1) is 25.3. The number of carbonyl (C=O) groups excluding carboxylic acids is 4. The number of hydrogen-bond acceptors (Lipinski definition) is 5. The molecule has 3 aliphatic rings. The van der Waals surface area contributed by atoms with Gasteiger partial charge in [-0.2, -0.15) is 0 Å². The molecular weight excluding hydrogens is 516 g/mol. The Kier molecular flexibility index (Phi) is 6.47. The van der Waals surface area contributed by atoms with E-state index in [-0.39, 0.29) is 41.0 Å². The van der Waals surface area contributed by atoms with Crippen molar-refractivity contribution in [1.82, 2.24) is 0 Å². The Morgan fingerprint density at radius 2 is 1.67 bits per heavy atom. The molecule has 1 saturated heterocycles. The Hall–Kier alpha value is -3.97. The number of anilines is 2. The molecule has 8 heteroatoms. The predicted molar refractivity (Wildman–Crippen MR) is 146 cm³/mol. The van der Waals surface area contributed by atoms with Crippen LogP contribution in [0.1, 0.15) is 40.2 Å². The third kappa shape index (κ3) is 4.51. The van der Waals surface area contributed by atoms with Gasteiger partial charge in [-0.05, 0) is 85.0 Å². The van der Waals surface area contributed by atoms with Crippen molar-refractivity contribution in [2.45, 2.75) is 25.7 Å². The number of halogens is 1. The number of imide groups is 1. The standard InChI is InChI=1S/C31H27ClN2O5/c1-17-7-10-21(32)15-25(17)33-26(35)16-39-31(38)19-8-11-22(12-9-19)34-29(36)27-20-13-23(18-5-3-2-4-6-18)24(14-20)28(27)30(34)37/h2-12,15,20,23-24,27-28H,13-14,16H2,1H3,(H,33,35)/t20-,23-,24+,27+,28-/m0/s1. The van der Waals surface area contributed by atoms with Gasteiger partial charge in [0.25, 0.3) is 5.91 Å². The number of fused-ring (bicyclic) bond motifs is 5. The molecule has 1 heterocycles. The second-order valence-electron chi connectivity index (χ2n) is 10.6. The number of rotatable bonds is 6. The molecule has 2 bridgehead atoms. The van der Waals surface area contributed by atoms with Crippen molar-refractivity contribution in [3.8, 4) is 0 Å². The highest BCUT2D eigenvalue weighted by Crippen LogP contribution is 2.61. The van der Waals surface area contributed by atoms with Crippen LogP contribution >= 0.6 is 11.6 Å². The lowest BCUT2D eigenvalue weighted by Crippen LogP contribution is -2.33. The molecule has 7 nitrogen and oxygen atoms in total. The molecule has 39 heavy (non-hydrogen) atoms. The molecule has 0 spiro atoms. The molecule has 3 fully saturated rings. The lowest BCUT2D eigenvalue weighted by Gasteiger charge is -2.28. The summed E-state index contributed by atoms with van der Waals surface area (Å²) in [6.07, 6.45) is 1.84. The van der Waals surface area contributed by atoms with Gasteiger partial charge in [-0.25, -0.2) is 4.79 Å². The van der Waals surface area contributed by atoms with Crippen molar-refractivity contribution >= 4 is 46.7 Å². The fraction of sp³-hybridized carbons (Fsp3) is 0.290. The van der Waals surface area contributed by atoms with Gasteiger partial charge in [-0.15, -0.1) is 0 Å². The van der Waals surface area contributed by atoms with Gasteiger partial charge in [0.2, 0.25) is 11.8 Å². The topological polar surface area (TPSA) is 92.8 Å². The largest absolute Gasteiger partial charge is 0.452 e. The third-order valence-electron chi connectivity index (χ3n) is 8.41. The summed E-state index contributed by atoms with van der Waals surface area (Å²) in [5.74, 6) is -1.36. The highest BCUT2D eigenvalue weighted by Gasteiger charge is 2.64. The van der Waals surface area contributed by atoms with Gasteiger partial charge in [-0.1, -0.05) is 48.0 Å². The Bertz CT molecular complexity index is 1470. The Morgan fingerprint density at radius 1 is 0.949 bits per heavy atom. The first-order chi connectivity index (χ1) is 18.8. The summed E-state index contributed by atoms with van der Waals surface area (Å²) in [5, 5.41) is 3.16. The van der Waals surface area contributed by atoms with Crippen LogP contribution in [-0.4, -0.2) is 30.3 Å². The van der Waals surface area contributed by atoms with E-state index in [0.29, 0.717) is 22.3 Å². The van der Waals surface area contributed by atoms with Gasteiger partial charge >= 0.3 is 5.97 Å². The summed E-state index contributed by atoms with van der Waals surface area (Å²) in [5.41, 5.74) is 3.27. The average molecular weight is 543 g/mol. The van der Waals surface area contributed by atoms with Crippen LogP contribution in [0.25, 0.3) is 0 Å². The molecule has 1 N–H and O–H groups in total. The van der Waals surface area contributed by atoms with E-state index in [1.165, 1.54) is 22.6 Å². The maximum absolute atomic E-state index is 13.5. The van der Waals surface area contributed by atoms with Gasteiger partial charge in [0, 0.05) is 10.7 Å². The van der Waals surface area contributed by atoms with E-state index >= 15 is 0 Å². The van der Waals surface area contributed by atoms with Gasteiger partial charge in [0.15, 0.2) is 6.61 Å². The Labute approximate surface area is 231 Å². The van der Waals surface area contributed by atoms with E-state index in [9.17, 15) is 19.2 Å². The maximum Gasteiger partial charge on any atom is 0.338 e. The van der Waals surface area contributed by atoms with Crippen molar-refractivity contribution in [2.75, 3.05) is 16.8 Å². The van der Waals surface area contributed by atoms with Crippen LogP contribution in [0.5, 0.6) is 0 Å². The van der Waals surface area contributed by atoms with Crippen molar-refractivity contribution in [3.05, 3.63) is 94.5 Å². The van der Waals surface area contributed by atoms with Crippen LogP contribution in [0.4, 0.5) is 11.4 Å². The van der Waals surface area contributed by atoms with Gasteiger partial charge in [0.1, 0.15) is 0 Å². The van der Waals surface area contributed by atoms with Gasteiger partial charge in [-0.3, -0.25) is 19.3 Å². The lowest BCUT2D eigenvalue weighted by atomic mass is 9.73. The summed E-state index contributed by atoms with van der Waals surface area (Å²) in [7, 11) is 0. The van der Waals surface area contributed by atoms with E-state index in [1.54, 1.807) is 30.3 Å². The fourth-order valence-electron chi connectivity index (χ4n) is 6.67. The summed E-state index contributed by atoms with van der Waals surface area (Å²) in [6, 6.07) is 21.5. The summed E-state index contributed by atoms with van der Waals surface area (Å²) in [6.45, 7) is 1.36. The van der Waals surface area contributed by atoms with E-state index in [4.69, 9.17) is 16.3 Å². The minimum atomic E-state index is -0.681. The Morgan fingerprint density at radius 3 is 2.41 bits per heavy atom. The molecule has 2 aliphatic carbocycles. The summed E-state index contributed by atoms with van der Waals surface area (Å²) in [4.78, 5) is 53.0. The number of amides is 3. The van der Waals surface area contributed by atoms with Crippen molar-refractivity contribution in [1.29, 1.82) is 0 Å². The van der Waals surface area contributed by atoms with Crippen molar-refractivity contribution in [3.63, 3.8) is 0 Å². The molecule has 3 aromatic carbocycles. The molecule has 5 atom stereocenters. The third-order valence-corrected chi connectivity index (χ3v) is 8.65. The normalized spacial score (nSPS) is 25.1. The molecule has 198 valence electrons. The highest BCUT2D eigenvalue weighted by atomic mass is 35.5. The van der Waals surface area contributed by atoms with E-state index in [2.05, 4.69) is 17.4 Å². The SMILES string of the molecule is Cc1ccc(Cl)cc1NC(=O)COC(=O)c1ccc(N2C(=O)[C@@H]3[C@@H]4C[C@@H]([C@@H]3C2=O)[C@H](c2ccccc2)C4)cc1. The first-order valence-electron chi connectivity index (χ1n) is 13.1. The number of carbonyl (C=O) groups is 4. The zero-order valence-electron chi connectivity index (χ0n) is 21.3. The number of hydrogen-bond donors (Lipinski definition) is 1. The summed E-state index contributed by atoms with van der Waals surface area (Å²) < 4.78 is 5.16. The van der Waals surface area contributed by atoms with E-state index in [0.717, 1.165) is 18.4 Å². The zero-order valence-corrected chi connectivity index (χ0v) is 22.1. The number of aryl methyl sites for hydroxylation is 1. The molecule has 0 radical (unpaired) electrons. The van der Waals surface area contributed by atoms with Crippen LogP contribution in [0.2, 0.25) is 5.02 Å². The van der Waals surface area contributed by atoms with Crippen molar-refractivity contribution < 1.29 is 23.9 Å². The molecule has 0 aromatic heterocycles. The highest BCUT2D eigenvalue weighted by molar-refractivity contribution is 6.31. The van der Waals surface area contributed by atoms with Crippen LogP contribution < -0.4 is 10.2 Å². The van der Waals surface area contributed by atoms with Crippen LogP contribution in [0.3, 0.4) is 0 Å². The maximum atomic E-state index is 13.5. The number of ether oxygens (including phenoxy) is 1. The van der Waals surface area contributed by atoms with E-state index in [1.807, 2.05) is 25.1 Å². The molecule has 0 unspecified atom stereocenters.